The number of aliphatic hydroxyl groups excluding tert-OH is 1. The molecule has 1 aliphatic rings. The summed E-state index contributed by atoms with van der Waals surface area (Å²) in [7, 11) is 0. The maximum atomic E-state index is 11.3. The van der Waals surface area contributed by atoms with Crippen molar-refractivity contribution in [1.82, 2.24) is 5.32 Å². The van der Waals surface area contributed by atoms with Gasteiger partial charge >= 0.3 is 0 Å². The Morgan fingerprint density at radius 1 is 1.54 bits per heavy atom. The molecule has 13 heavy (non-hydrogen) atoms. The molecule has 1 amide bonds. The number of nitrogens with one attached hydrogen (secondary N) is 1. The summed E-state index contributed by atoms with van der Waals surface area (Å²) in [6.07, 6.45) is 0.977. The normalized spacial score (nSPS) is 21.3. The van der Waals surface area contributed by atoms with E-state index in [1.54, 1.807) is 0 Å². The van der Waals surface area contributed by atoms with Gasteiger partial charge in [0.2, 0.25) is 0 Å². The van der Waals surface area contributed by atoms with Gasteiger partial charge < -0.3 is 16.2 Å². The van der Waals surface area contributed by atoms with E-state index in [-0.39, 0.29) is 17.9 Å². The standard InChI is InChI=1S/C9H18N2O2/c1-5(2)7(10)8(12)9(13)11-6-3-4-6/h5-8,12H,3-4,10H2,1-2H3,(H,11,13)/t7-,8-/m1/s1. The zero-order valence-electron chi connectivity index (χ0n) is 8.16. The van der Waals surface area contributed by atoms with E-state index in [0.29, 0.717) is 0 Å². The van der Waals surface area contributed by atoms with E-state index in [9.17, 15) is 9.90 Å². The van der Waals surface area contributed by atoms with Crippen molar-refractivity contribution in [2.75, 3.05) is 0 Å². The van der Waals surface area contributed by atoms with Gasteiger partial charge in [-0.25, -0.2) is 0 Å². The molecule has 4 heteroatoms. The topological polar surface area (TPSA) is 75.3 Å². The van der Waals surface area contributed by atoms with Gasteiger partial charge in [-0.15, -0.1) is 0 Å². The Morgan fingerprint density at radius 3 is 2.46 bits per heavy atom. The maximum absolute atomic E-state index is 11.3. The van der Waals surface area contributed by atoms with E-state index in [4.69, 9.17) is 5.73 Å². The van der Waals surface area contributed by atoms with Crippen LogP contribution in [0.15, 0.2) is 0 Å². The first-order chi connectivity index (χ1) is 6.02. The molecule has 76 valence electrons. The van der Waals surface area contributed by atoms with Gasteiger partial charge in [0.25, 0.3) is 5.91 Å². The van der Waals surface area contributed by atoms with Gasteiger partial charge in [-0.2, -0.15) is 0 Å². The Morgan fingerprint density at radius 2 is 2.08 bits per heavy atom. The van der Waals surface area contributed by atoms with Crippen LogP contribution in [0.5, 0.6) is 0 Å². The maximum Gasteiger partial charge on any atom is 0.250 e. The van der Waals surface area contributed by atoms with Crippen molar-refractivity contribution in [1.29, 1.82) is 0 Å². The summed E-state index contributed by atoms with van der Waals surface area (Å²) in [5, 5.41) is 12.2. The molecule has 0 spiro atoms. The number of hydrogen-bond acceptors (Lipinski definition) is 3. The fraction of sp³-hybridized carbons (Fsp3) is 0.889. The predicted octanol–water partition coefficient (Wildman–Crippen LogP) is -0.391. The zero-order valence-corrected chi connectivity index (χ0v) is 8.16. The van der Waals surface area contributed by atoms with Crippen LogP contribution in [0.25, 0.3) is 0 Å². The van der Waals surface area contributed by atoms with Gasteiger partial charge in [0.15, 0.2) is 0 Å². The number of carbonyl (C=O) groups excluding carboxylic acids is 1. The first-order valence-electron chi connectivity index (χ1n) is 4.76. The molecule has 0 aromatic heterocycles. The molecule has 4 N–H and O–H groups in total. The van der Waals surface area contributed by atoms with Crippen molar-refractivity contribution in [3.05, 3.63) is 0 Å². The molecule has 1 fully saturated rings. The van der Waals surface area contributed by atoms with Crippen molar-refractivity contribution < 1.29 is 9.90 Å². The van der Waals surface area contributed by atoms with E-state index >= 15 is 0 Å². The summed E-state index contributed by atoms with van der Waals surface area (Å²) in [5.41, 5.74) is 5.65. The highest BCUT2D eigenvalue weighted by atomic mass is 16.3. The van der Waals surface area contributed by atoms with Gasteiger partial charge in [-0.3, -0.25) is 4.79 Å². The quantitative estimate of drug-likeness (QED) is 0.559. The lowest BCUT2D eigenvalue weighted by atomic mass is 9.99. The number of nitrogens with two attached hydrogens (primary N) is 1. The van der Waals surface area contributed by atoms with E-state index in [1.165, 1.54) is 0 Å². The number of amides is 1. The second-order valence-electron chi connectivity index (χ2n) is 4.05. The smallest absolute Gasteiger partial charge is 0.250 e. The molecular weight excluding hydrogens is 168 g/mol. The third-order valence-corrected chi connectivity index (χ3v) is 2.33. The lowest BCUT2D eigenvalue weighted by Crippen LogP contribution is -2.49. The molecular formula is C9H18N2O2. The monoisotopic (exact) mass is 186 g/mol. The number of aliphatic hydroxyl groups is 1. The summed E-state index contributed by atoms with van der Waals surface area (Å²) in [6.45, 7) is 3.77. The molecule has 0 unspecified atom stereocenters. The Bertz CT molecular complexity index is 190. The summed E-state index contributed by atoms with van der Waals surface area (Å²) in [4.78, 5) is 11.3. The summed E-state index contributed by atoms with van der Waals surface area (Å²) in [5.74, 6) is -0.219. The van der Waals surface area contributed by atoms with Crippen molar-refractivity contribution in [3.8, 4) is 0 Å². The Hall–Kier alpha value is -0.610. The van der Waals surface area contributed by atoms with Gasteiger partial charge in [-0.05, 0) is 18.8 Å². The lowest BCUT2D eigenvalue weighted by molar-refractivity contribution is -0.131. The molecule has 0 aromatic rings. The van der Waals surface area contributed by atoms with E-state index in [2.05, 4.69) is 5.32 Å². The fourth-order valence-corrected chi connectivity index (χ4v) is 1.05. The average Bonchev–Trinajstić information content (AvgIpc) is 2.85. The van der Waals surface area contributed by atoms with Gasteiger partial charge in [0, 0.05) is 12.1 Å². The van der Waals surface area contributed by atoms with Crippen LogP contribution >= 0.6 is 0 Å². The van der Waals surface area contributed by atoms with Crippen LogP contribution < -0.4 is 11.1 Å². The van der Waals surface area contributed by atoms with E-state index < -0.39 is 12.1 Å². The molecule has 0 heterocycles. The number of rotatable bonds is 4. The minimum atomic E-state index is -1.07. The van der Waals surface area contributed by atoms with Crippen LogP contribution in [-0.4, -0.2) is 29.2 Å². The van der Waals surface area contributed by atoms with Gasteiger partial charge in [0.1, 0.15) is 6.10 Å². The SMILES string of the molecule is CC(C)[C@@H](N)[C@@H](O)C(=O)NC1CC1. The molecule has 4 nitrogen and oxygen atoms in total. The van der Waals surface area contributed by atoms with Crippen molar-refractivity contribution in [2.45, 2.75) is 44.9 Å². The molecule has 0 bridgehead atoms. The first kappa shape index (κ1) is 10.5. The number of carbonyl (C=O) groups is 1. The molecule has 0 saturated heterocycles. The largest absolute Gasteiger partial charge is 0.382 e. The molecule has 1 rings (SSSR count). The molecule has 2 atom stereocenters. The second-order valence-corrected chi connectivity index (χ2v) is 4.05. The molecule has 1 saturated carbocycles. The fourth-order valence-electron chi connectivity index (χ4n) is 1.05. The molecule has 0 aromatic carbocycles. The number of hydrogen-bond donors (Lipinski definition) is 3. The van der Waals surface area contributed by atoms with Gasteiger partial charge in [-0.1, -0.05) is 13.8 Å². The van der Waals surface area contributed by atoms with Crippen LogP contribution in [-0.2, 0) is 4.79 Å². The van der Waals surface area contributed by atoms with Crippen LogP contribution in [0.1, 0.15) is 26.7 Å². The lowest BCUT2D eigenvalue weighted by Gasteiger charge is -2.21. The van der Waals surface area contributed by atoms with Crippen molar-refractivity contribution in [3.63, 3.8) is 0 Å². The minimum absolute atomic E-state index is 0.111. The predicted molar refractivity (Wildman–Crippen MR) is 50.0 cm³/mol. The summed E-state index contributed by atoms with van der Waals surface area (Å²) >= 11 is 0. The molecule has 0 radical (unpaired) electrons. The Balaban J connectivity index is 2.35. The highest BCUT2D eigenvalue weighted by Crippen LogP contribution is 2.19. The van der Waals surface area contributed by atoms with E-state index in [0.717, 1.165) is 12.8 Å². The highest BCUT2D eigenvalue weighted by molar-refractivity contribution is 5.81. The van der Waals surface area contributed by atoms with Crippen molar-refractivity contribution in [2.24, 2.45) is 11.7 Å². The minimum Gasteiger partial charge on any atom is -0.382 e. The summed E-state index contributed by atoms with van der Waals surface area (Å²) in [6, 6.07) is -0.194. The van der Waals surface area contributed by atoms with Crippen LogP contribution in [0, 0.1) is 5.92 Å². The Kier molecular flexibility index (Phi) is 3.27. The molecule has 0 aliphatic heterocycles. The Labute approximate surface area is 78.5 Å². The highest BCUT2D eigenvalue weighted by Gasteiger charge is 2.30. The van der Waals surface area contributed by atoms with Crippen LogP contribution in [0.2, 0.25) is 0 Å². The third kappa shape index (κ3) is 2.97. The average molecular weight is 186 g/mol. The van der Waals surface area contributed by atoms with Crippen molar-refractivity contribution >= 4 is 5.91 Å². The van der Waals surface area contributed by atoms with Crippen LogP contribution in [0.4, 0.5) is 0 Å². The molecule has 1 aliphatic carbocycles. The van der Waals surface area contributed by atoms with Gasteiger partial charge in [0.05, 0.1) is 0 Å². The van der Waals surface area contributed by atoms with Crippen LogP contribution in [0.3, 0.4) is 0 Å². The van der Waals surface area contributed by atoms with E-state index in [1.807, 2.05) is 13.8 Å². The summed E-state index contributed by atoms with van der Waals surface area (Å²) < 4.78 is 0. The third-order valence-electron chi connectivity index (χ3n) is 2.33. The second kappa shape index (κ2) is 4.07. The zero-order chi connectivity index (χ0) is 10.0. The first-order valence-corrected chi connectivity index (χ1v) is 4.76.